The summed E-state index contributed by atoms with van der Waals surface area (Å²) in [6.07, 6.45) is 1.94. The van der Waals surface area contributed by atoms with Gasteiger partial charge in [-0.25, -0.2) is 4.79 Å². The first-order chi connectivity index (χ1) is 19.1. The Kier molecular flexibility index (Phi) is 8.59. The van der Waals surface area contributed by atoms with E-state index >= 15 is 0 Å². The number of likely N-dealkylation sites (N-methyl/N-ethyl adjacent to an activating group) is 1. The average molecular weight is 573 g/mol. The zero-order valence-corrected chi connectivity index (χ0v) is 25.2. The predicted molar refractivity (Wildman–Crippen MR) is 151 cm³/mol. The van der Waals surface area contributed by atoms with E-state index in [0.29, 0.717) is 6.42 Å². The third kappa shape index (κ3) is 6.60. The number of phenols is 1. The van der Waals surface area contributed by atoms with Gasteiger partial charge in [-0.1, -0.05) is 19.9 Å². The van der Waals surface area contributed by atoms with Gasteiger partial charge < -0.3 is 30.1 Å². The van der Waals surface area contributed by atoms with Crippen molar-refractivity contribution in [3.8, 4) is 5.75 Å². The Hall–Kier alpha value is -3.34. The fourth-order valence-corrected chi connectivity index (χ4v) is 6.01. The van der Waals surface area contributed by atoms with Crippen molar-refractivity contribution in [3.05, 3.63) is 29.3 Å². The molecule has 2 heterocycles. The molecule has 2 saturated heterocycles. The van der Waals surface area contributed by atoms with Gasteiger partial charge in [-0.2, -0.15) is 0 Å². The molecule has 1 aromatic rings. The van der Waals surface area contributed by atoms with Crippen molar-refractivity contribution in [2.45, 2.75) is 110 Å². The van der Waals surface area contributed by atoms with Gasteiger partial charge in [0, 0.05) is 13.5 Å². The smallest absolute Gasteiger partial charge is 0.410 e. The summed E-state index contributed by atoms with van der Waals surface area (Å²) >= 11 is 0. The fourth-order valence-electron chi connectivity index (χ4n) is 6.01. The molecule has 3 aliphatic rings. The van der Waals surface area contributed by atoms with Crippen LogP contribution in [0.1, 0.15) is 84.4 Å². The Balaban J connectivity index is 1.50. The second-order valence-corrected chi connectivity index (χ2v) is 13.1. The van der Waals surface area contributed by atoms with Crippen LogP contribution in [0.5, 0.6) is 5.75 Å². The molecule has 1 aliphatic carbocycles. The Morgan fingerprint density at radius 1 is 1.17 bits per heavy atom. The monoisotopic (exact) mass is 572 g/mol. The Morgan fingerprint density at radius 3 is 2.56 bits per heavy atom. The molecular weight excluding hydrogens is 528 g/mol. The van der Waals surface area contributed by atoms with Gasteiger partial charge >= 0.3 is 6.09 Å². The summed E-state index contributed by atoms with van der Waals surface area (Å²) in [6, 6.07) is 2.37. The maximum absolute atomic E-state index is 13.9. The molecule has 226 valence electrons. The molecule has 4 rings (SSSR count). The number of phenolic OH excluding ortho intramolecular Hbond substituents is 1. The summed E-state index contributed by atoms with van der Waals surface area (Å²) in [5, 5.41) is 15.9. The van der Waals surface area contributed by atoms with E-state index in [-0.39, 0.29) is 36.6 Å². The molecule has 0 bridgehead atoms. The Labute approximate surface area is 241 Å². The number of aryl methyl sites for hydroxylation is 1. The van der Waals surface area contributed by atoms with E-state index in [1.807, 2.05) is 19.9 Å². The number of ether oxygens (including phenoxy) is 2. The van der Waals surface area contributed by atoms with E-state index in [2.05, 4.69) is 10.6 Å². The minimum Gasteiger partial charge on any atom is -0.508 e. The number of nitrogens with zero attached hydrogens (tertiary/aromatic N) is 2. The van der Waals surface area contributed by atoms with Crippen LogP contribution < -0.4 is 10.6 Å². The molecule has 1 aromatic carbocycles. The molecule has 0 saturated carbocycles. The molecular formula is C30H44N4O7. The van der Waals surface area contributed by atoms with E-state index in [0.717, 1.165) is 30.4 Å². The summed E-state index contributed by atoms with van der Waals surface area (Å²) < 4.78 is 11.4. The summed E-state index contributed by atoms with van der Waals surface area (Å²) in [6.45, 7) is 10.9. The summed E-state index contributed by atoms with van der Waals surface area (Å²) in [5.74, 6) is -0.961. The number of aromatic hydroxyl groups is 1. The first-order valence-corrected chi connectivity index (χ1v) is 14.4. The van der Waals surface area contributed by atoms with E-state index in [1.165, 1.54) is 16.8 Å². The third-order valence-electron chi connectivity index (χ3n) is 8.26. The molecule has 11 heteroatoms. The van der Waals surface area contributed by atoms with Crippen LogP contribution in [0.25, 0.3) is 0 Å². The van der Waals surface area contributed by atoms with Gasteiger partial charge in [-0.15, -0.1) is 0 Å². The highest BCUT2D eigenvalue weighted by molar-refractivity contribution is 5.95. The molecule has 0 unspecified atom stereocenters. The Bertz CT molecular complexity index is 1190. The number of rotatable bonds is 5. The summed E-state index contributed by atoms with van der Waals surface area (Å²) in [4.78, 5) is 56.1. The van der Waals surface area contributed by atoms with Crippen LogP contribution >= 0.6 is 0 Å². The number of carbonyl (C=O) groups is 4. The van der Waals surface area contributed by atoms with Crippen LogP contribution in [0, 0.1) is 5.41 Å². The van der Waals surface area contributed by atoms with Crippen LogP contribution in [0.4, 0.5) is 4.79 Å². The fraction of sp³-hybridized carbons (Fsp3) is 0.667. The molecule has 41 heavy (non-hydrogen) atoms. The number of amides is 4. The first kappa shape index (κ1) is 30.6. The van der Waals surface area contributed by atoms with Gasteiger partial charge in [0.25, 0.3) is 0 Å². The highest BCUT2D eigenvalue weighted by Crippen LogP contribution is 2.43. The topological polar surface area (TPSA) is 138 Å². The number of benzene rings is 1. The molecule has 0 radical (unpaired) electrons. The van der Waals surface area contributed by atoms with Crippen molar-refractivity contribution in [1.29, 1.82) is 0 Å². The second-order valence-electron chi connectivity index (χ2n) is 13.1. The van der Waals surface area contributed by atoms with Crippen LogP contribution in [0.15, 0.2) is 18.2 Å². The van der Waals surface area contributed by atoms with Crippen molar-refractivity contribution < 1.29 is 33.8 Å². The van der Waals surface area contributed by atoms with Gasteiger partial charge in [0.1, 0.15) is 35.7 Å². The normalized spacial score (nSPS) is 26.2. The third-order valence-corrected chi connectivity index (χ3v) is 8.26. The minimum atomic E-state index is -0.912. The lowest BCUT2D eigenvalue weighted by atomic mass is 9.82. The van der Waals surface area contributed by atoms with Crippen molar-refractivity contribution in [2.24, 2.45) is 5.41 Å². The number of hydrogen-bond acceptors (Lipinski definition) is 7. The highest BCUT2D eigenvalue weighted by atomic mass is 16.6. The molecule has 0 spiro atoms. The molecule has 2 aliphatic heterocycles. The lowest BCUT2D eigenvalue weighted by Crippen LogP contribution is -2.58. The largest absolute Gasteiger partial charge is 0.508 e. The average Bonchev–Trinajstić information content (AvgIpc) is 3.07. The number of carbonyl (C=O) groups excluding carboxylic acids is 4. The van der Waals surface area contributed by atoms with E-state index < -0.39 is 47.4 Å². The van der Waals surface area contributed by atoms with Gasteiger partial charge in [0.15, 0.2) is 0 Å². The quantitative estimate of drug-likeness (QED) is 0.493. The zero-order chi connectivity index (χ0) is 30.3. The van der Waals surface area contributed by atoms with Crippen LogP contribution in [0.2, 0.25) is 0 Å². The van der Waals surface area contributed by atoms with Crippen LogP contribution in [-0.4, -0.2) is 82.3 Å². The van der Waals surface area contributed by atoms with Crippen LogP contribution in [0.3, 0.4) is 0 Å². The lowest BCUT2D eigenvalue weighted by Gasteiger charge is -2.36. The van der Waals surface area contributed by atoms with Gasteiger partial charge in [-0.3, -0.25) is 19.3 Å². The Morgan fingerprint density at radius 2 is 1.88 bits per heavy atom. The number of nitrogens with one attached hydrogen (secondary N) is 2. The maximum atomic E-state index is 13.9. The van der Waals surface area contributed by atoms with Crippen molar-refractivity contribution in [3.63, 3.8) is 0 Å². The molecule has 11 nitrogen and oxygen atoms in total. The zero-order valence-electron chi connectivity index (χ0n) is 25.2. The summed E-state index contributed by atoms with van der Waals surface area (Å²) in [5.41, 5.74) is 0.687. The first-order valence-electron chi connectivity index (χ1n) is 14.4. The van der Waals surface area contributed by atoms with Crippen molar-refractivity contribution in [1.82, 2.24) is 20.4 Å². The van der Waals surface area contributed by atoms with E-state index in [1.54, 1.807) is 39.8 Å². The van der Waals surface area contributed by atoms with Crippen molar-refractivity contribution in [2.75, 3.05) is 13.7 Å². The minimum absolute atomic E-state index is 0.197. The molecule has 3 N–H and O–H groups in total. The van der Waals surface area contributed by atoms with Crippen LogP contribution in [-0.2, 0) is 30.3 Å². The van der Waals surface area contributed by atoms with E-state index in [4.69, 9.17) is 9.47 Å². The molecule has 5 atom stereocenters. The number of hydrogen-bond donors (Lipinski definition) is 3. The van der Waals surface area contributed by atoms with Gasteiger partial charge in [-0.05, 0) is 82.1 Å². The predicted octanol–water partition coefficient (Wildman–Crippen LogP) is 3.00. The summed E-state index contributed by atoms with van der Waals surface area (Å²) in [7, 11) is 1.47. The van der Waals surface area contributed by atoms with Gasteiger partial charge in [0.2, 0.25) is 17.7 Å². The van der Waals surface area contributed by atoms with Gasteiger partial charge in [0.05, 0.1) is 12.6 Å². The molecule has 0 aromatic heterocycles. The van der Waals surface area contributed by atoms with Crippen molar-refractivity contribution >= 4 is 23.8 Å². The maximum Gasteiger partial charge on any atom is 0.410 e. The number of fused-ring (bicyclic) bond motifs is 2. The SMILES string of the molecule is C[C@@H](C(=O)N[C@H]1CCO[C@H]2CC(C)(C)[C@@H](C(=O)N[C@@H]3CCCc4cc(O)ccc43)N2C1=O)N(C)C(=O)OC(C)(C)C. The highest BCUT2D eigenvalue weighted by Gasteiger charge is 2.55. The standard InChI is InChI=1S/C30H44N4O7/c1-17(33(7)28(39)41-29(2,3)4)25(36)32-22-13-14-40-23-16-30(5,6)24(34(23)27(22)38)26(37)31-21-10-8-9-18-15-19(35)11-12-20(18)21/h11-12,15,17,21-24,35H,8-10,13-14,16H2,1-7H3,(H,31,37)(H,32,36)/t17-,21+,22-,23-,24+/m0/s1. The molecule has 2 fully saturated rings. The molecule has 4 amide bonds. The van der Waals surface area contributed by atoms with E-state index in [9.17, 15) is 24.3 Å². The lowest BCUT2D eigenvalue weighted by molar-refractivity contribution is -0.150. The second kappa shape index (κ2) is 11.5.